The van der Waals surface area contributed by atoms with Gasteiger partial charge in [-0.1, -0.05) is 36.4 Å². The number of benzene rings is 1. The van der Waals surface area contributed by atoms with Gasteiger partial charge < -0.3 is 9.80 Å². The number of carbonyl (C=O) groups excluding carboxylic acids is 2. The van der Waals surface area contributed by atoms with Gasteiger partial charge in [0.25, 0.3) is 0 Å². The number of aromatic nitrogens is 2. The van der Waals surface area contributed by atoms with Crippen molar-refractivity contribution in [1.82, 2.24) is 19.8 Å². The van der Waals surface area contributed by atoms with Gasteiger partial charge in [-0.05, 0) is 40.5 Å². The van der Waals surface area contributed by atoms with Crippen LogP contribution in [0.2, 0.25) is 0 Å². The van der Waals surface area contributed by atoms with E-state index in [-0.39, 0.29) is 18.2 Å². The zero-order chi connectivity index (χ0) is 22.3. The van der Waals surface area contributed by atoms with Gasteiger partial charge in [-0.25, -0.2) is 0 Å². The first-order valence-electron chi connectivity index (χ1n) is 10.7. The van der Waals surface area contributed by atoms with E-state index < -0.39 is 6.04 Å². The summed E-state index contributed by atoms with van der Waals surface area (Å²) in [6, 6.07) is 15.2. The second-order valence-corrected chi connectivity index (χ2v) is 7.85. The lowest BCUT2D eigenvalue weighted by Gasteiger charge is -2.40. The maximum Gasteiger partial charge on any atom is 0.246 e. The summed E-state index contributed by atoms with van der Waals surface area (Å²) in [7, 11) is 0. The molecular weight excluding hydrogens is 400 g/mol. The number of pyridine rings is 2. The van der Waals surface area contributed by atoms with E-state index in [0.717, 1.165) is 22.3 Å². The number of rotatable bonds is 7. The summed E-state index contributed by atoms with van der Waals surface area (Å²) in [6.07, 6.45) is 9.33. The summed E-state index contributed by atoms with van der Waals surface area (Å²) in [5.41, 5.74) is 3.98. The molecule has 162 valence electrons. The average molecular weight is 427 g/mol. The van der Waals surface area contributed by atoms with Crippen LogP contribution in [-0.4, -0.2) is 57.3 Å². The normalized spacial score (nSPS) is 16.1. The molecule has 1 saturated heterocycles. The Balaban J connectivity index is 1.58. The van der Waals surface area contributed by atoms with Gasteiger partial charge in [0, 0.05) is 50.8 Å². The standard InChI is InChI=1S/C26H26N4O2/c1-2-13-29-14-15-30(25(31)18-21-6-4-10-28-19-21)24(26(29)32)17-20-5-3-7-23(16-20)22-8-11-27-12-9-22/h2-12,16,19,24H,1,13-15,17-18H2/t24-/m0/s1. The average Bonchev–Trinajstić information content (AvgIpc) is 2.83. The summed E-state index contributed by atoms with van der Waals surface area (Å²) in [4.78, 5) is 38.2. The molecular formula is C26H26N4O2. The summed E-state index contributed by atoms with van der Waals surface area (Å²) in [6.45, 7) is 5.27. The van der Waals surface area contributed by atoms with Crippen molar-refractivity contribution in [3.63, 3.8) is 0 Å². The van der Waals surface area contributed by atoms with Crippen molar-refractivity contribution >= 4 is 11.8 Å². The molecule has 0 radical (unpaired) electrons. The van der Waals surface area contributed by atoms with Gasteiger partial charge in [-0.15, -0.1) is 6.58 Å². The molecule has 1 atom stereocenters. The highest BCUT2D eigenvalue weighted by atomic mass is 16.2. The van der Waals surface area contributed by atoms with Gasteiger partial charge in [0.05, 0.1) is 6.42 Å². The number of hydrogen-bond donors (Lipinski definition) is 0. The highest BCUT2D eigenvalue weighted by Gasteiger charge is 2.36. The van der Waals surface area contributed by atoms with E-state index in [1.807, 2.05) is 42.5 Å². The Labute approximate surface area is 188 Å². The lowest BCUT2D eigenvalue weighted by Crippen LogP contribution is -2.59. The summed E-state index contributed by atoms with van der Waals surface area (Å²) in [5.74, 6) is -0.0927. The third-order valence-corrected chi connectivity index (χ3v) is 5.70. The van der Waals surface area contributed by atoms with Crippen LogP contribution in [0.15, 0.2) is 86.0 Å². The molecule has 0 aliphatic carbocycles. The Bertz CT molecular complexity index is 1090. The molecule has 1 aromatic carbocycles. The van der Waals surface area contributed by atoms with Crippen LogP contribution in [-0.2, 0) is 22.4 Å². The third-order valence-electron chi connectivity index (χ3n) is 5.70. The van der Waals surface area contributed by atoms with E-state index in [1.165, 1.54) is 0 Å². The molecule has 4 rings (SSSR count). The highest BCUT2D eigenvalue weighted by molar-refractivity contribution is 5.90. The molecule has 1 aliphatic rings. The van der Waals surface area contributed by atoms with Crippen LogP contribution in [0.5, 0.6) is 0 Å². The highest BCUT2D eigenvalue weighted by Crippen LogP contribution is 2.23. The lowest BCUT2D eigenvalue weighted by atomic mass is 9.97. The molecule has 3 aromatic rings. The first kappa shape index (κ1) is 21.4. The molecule has 1 fully saturated rings. The monoisotopic (exact) mass is 426 g/mol. The minimum Gasteiger partial charge on any atom is -0.335 e. The number of piperazine rings is 1. The molecule has 0 saturated carbocycles. The van der Waals surface area contributed by atoms with Gasteiger partial charge in [0.15, 0.2) is 0 Å². The minimum atomic E-state index is -0.541. The van der Waals surface area contributed by atoms with Gasteiger partial charge in [-0.2, -0.15) is 0 Å². The van der Waals surface area contributed by atoms with Crippen LogP contribution in [0, 0.1) is 0 Å². The Morgan fingerprint density at radius 1 is 1.00 bits per heavy atom. The van der Waals surface area contributed by atoms with E-state index >= 15 is 0 Å². The maximum atomic E-state index is 13.3. The van der Waals surface area contributed by atoms with Crippen LogP contribution in [0.3, 0.4) is 0 Å². The largest absolute Gasteiger partial charge is 0.335 e. The molecule has 2 amide bonds. The van der Waals surface area contributed by atoms with E-state index in [4.69, 9.17) is 0 Å². The number of hydrogen-bond acceptors (Lipinski definition) is 4. The van der Waals surface area contributed by atoms with E-state index in [2.05, 4.69) is 22.6 Å². The number of nitrogens with zero attached hydrogens (tertiary/aromatic N) is 4. The van der Waals surface area contributed by atoms with Crippen molar-refractivity contribution in [2.24, 2.45) is 0 Å². The van der Waals surface area contributed by atoms with Crippen molar-refractivity contribution in [3.05, 3.63) is 97.1 Å². The fourth-order valence-corrected chi connectivity index (χ4v) is 4.10. The van der Waals surface area contributed by atoms with Gasteiger partial charge in [0.2, 0.25) is 11.8 Å². The minimum absolute atomic E-state index is 0.0370. The fourth-order valence-electron chi connectivity index (χ4n) is 4.10. The first-order valence-corrected chi connectivity index (χ1v) is 10.7. The molecule has 6 nitrogen and oxygen atoms in total. The Kier molecular flexibility index (Phi) is 6.70. The molecule has 0 spiro atoms. The van der Waals surface area contributed by atoms with Crippen molar-refractivity contribution in [1.29, 1.82) is 0 Å². The lowest BCUT2D eigenvalue weighted by molar-refractivity contribution is -0.150. The summed E-state index contributed by atoms with van der Waals surface area (Å²) in [5, 5.41) is 0. The van der Waals surface area contributed by atoms with Crippen molar-refractivity contribution < 1.29 is 9.59 Å². The quantitative estimate of drug-likeness (QED) is 0.545. The fraction of sp³-hybridized carbons (Fsp3) is 0.231. The summed E-state index contributed by atoms with van der Waals surface area (Å²) >= 11 is 0. The molecule has 0 bridgehead atoms. The SMILES string of the molecule is C=CCN1CCN(C(=O)Cc2cccnc2)[C@@H](Cc2cccc(-c3ccncc3)c2)C1=O. The molecule has 0 N–H and O–H groups in total. The predicted octanol–water partition coefficient (Wildman–Crippen LogP) is 3.15. The molecule has 32 heavy (non-hydrogen) atoms. The van der Waals surface area contributed by atoms with Crippen LogP contribution in [0.25, 0.3) is 11.1 Å². The molecule has 2 aromatic heterocycles. The Morgan fingerprint density at radius 3 is 2.56 bits per heavy atom. The van der Waals surface area contributed by atoms with Crippen LogP contribution in [0.1, 0.15) is 11.1 Å². The molecule has 6 heteroatoms. The Hall–Kier alpha value is -3.80. The zero-order valence-electron chi connectivity index (χ0n) is 17.9. The van der Waals surface area contributed by atoms with Gasteiger partial charge in [0.1, 0.15) is 6.04 Å². The zero-order valence-corrected chi connectivity index (χ0v) is 17.9. The van der Waals surface area contributed by atoms with Crippen LogP contribution < -0.4 is 0 Å². The number of amides is 2. The summed E-state index contributed by atoms with van der Waals surface area (Å²) < 4.78 is 0. The van der Waals surface area contributed by atoms with Crippen molar-refractivity contribution in [2.45, 2.75) is 18.9 Å². The number of carbonyl (C=O) groups is 2. The maximum absolute atomic E-state index is 13.3. The molecule has 1 aliphatic heterocycles. The van der Waals surface area contributed by atoms with E-state index in [1.54, 1.807) is 40.7 Å². The van der Waals surface area contributed by atoms with E-state index in [9.17, 15) is 9.59 Å². The van der Waals surface area contributed by atoms with Gasteiger partial charge in [-0.3, -0.25) is 19.6 Å². The predicted molar refractivity (Wildman–Crippen MR) is 124 cm³/mol. The van der Waals surface area contributed by atoms with Crippen molar-refractivity contribution in [3.8, 4) is 11.1 Å². The Morgan fingerprint density at radius 2 is 1.81 bits per heavy atom. The molecule has 0 unspecified atom stereocenters. The third kappa shape index (κ3) is 4.91. The van der Waals surface area contributed by atoms with Crippen LogP contribution in [0.4, 0.5) is 0 Å². The second kappa shape index (κ2) is 10.0. The van der Waals surface area contributed by atoms with E-state index in [0.29, 0.717) is 26.1 Å². The van der Waals surface area contributed by atoms with Crippen molar-refractivity contribution in [2.75, 3.05) is 19.6 Å². The van der Waals surface area contributed by atoms with Gasteiger partial charge >= 0.3 is 0 Å². The second-order valence-electron chi connectivity index (χ2n) is 7.85. The first-order chi connectivity index (χ1) is 15.7. The van der Waals surface area contributed by atoms with Crippen LogP contribution >= 0.6 is 0 Å². The topological polar surface area (TPSA) is 66.4 Å². The molecule has 3 heterocycles. The smallest absolute Gasteiger partial charge is 0.246 e.